The van der Waals surface area contributed by atoms with Crippen molar-refractivity contribution in [3.63, 3.8) is 0 Å². The molecule has 0 spiro atoms. The highest BCUT2D eigenvalue weighted by Gasteiger charge is 2.20. The maximum absolute atomic E-state index is 14.1. The summed E-state index contributed by atoms with van der Waals surface area (Å²) in [6, 6.07) is 3.50. The van der Waals surface area contributed by atoms with E-state index in [0.29, 0.717) is 5.00 Å². The molecule has 4 nitrogen and oxygen atoms in total. The molecular formula is C14H14F2N2O2S. The Morgan fingerprint density at radius 1 is 1.33 bits per heavy atom. The van der Waals surface area contributed by atoms with Crippen molar-refractivity contribution in [1.82, 2.24) is 0 Å². The van der Waals surface area contributed by atoms with Gasteiger partial charge < -0.3 is 16.2 Å². The Balaban J connectivity index is 2.59. The summed E-state index contributed by atoms with van der Waals surface area (Å²) in [6.45, 7) is 1.42. The highest BCUT2D eigenvalue weighted by Crippen LogP contribution is 2.38. The fourth-order valence-corrected chi connectivity index (χ4v) is 3.02. The maximum Gasteiger partial charge on any atom is 0.251 e. The third-order valence-electron chi connectivity index (χ3n) is 3.02. The van der Waals surface area contributed by atoms with E-state index in [1.165, 1.54) is 13.0 Å². The number of benzene rings is 1. The third kappa shape index (κ3) is 2.88. The number of nitrogens with one attached hydrogen (secondary N) is 1. The van der Waals surface area contributed by atoms with Crippen LogP contribution >= 0.6 is 11.3 Å². The molecule has 1 aromatic heterocycles. The molecule has 112 valence electrons. The normalized spacial score (nSPS) is 12.2. The molecule has 7 heteroatoms. The standard InChI is InChI=1S/C14H14F2N2O2S/c1-6(19)7-3-9(15)12(10(16)4-7)11-5-8(13(17)20)14(18-2)21-11/h3-6,18-19H,1-2H3,(H2,17,20). The maximum atomic E-state index is 14.1. The van der Waals surface area contributed by atoms with Gasteiger partial charge in [-0.25, -0.2) is 8.78 Å². The van der Waals surface area contributed by atoms with Crippen LogP contribution in [0.2, 0.25) is 0 Å². The minimum atomic E-state index is -0.972. The molecule has 1 unspecified atom stereocenters. The van der Waals surface area contributed by atoms with Crippen LogP contribution in [0.15, 0.2) is 18.2 Å². The average molecular weight is 312 g/mol. The molecule has 0 fully saturated rings. The number of primary amides is 1. The molecular weight excluding hydrogens is 298 g/mol. The van der Waals surface area contributed by atoms with Gasteiger partial charge in [0.2, 0.25) is 0 Å². The Kier molecular flexibility index (Phi) is 4.24. The van der Waals surface area contributed by atoms with Crippen molar-refractivity contribution in [3.8, 4) is 10.4 Å². The average Bonchev–Trinajstić information content (AvgIpc) is 2.81. The second kappa shape index (κ2) is 5.79. The zero-order chi connectivity index (χ0) is 15.7. The van der Waals surface area contributed by atoms with Gasteiger partial charge in [-0.3, -0.25) is 4.79 Å². The van der Waals surface area contributed by atoms with Gasteiger partial charge in [0.25, 0.3) is 5.91 Å². The van der Waals surface area contributed by atoms with Gasteiger partial charge in [-0.1, -0.05) is 0 Å². The molecule has 0 radical (unpaired) electrons. The third-order valence-corrected chi connectivity index (χ3v) is 4.19. The van der Waals surface area contributed by atoms with Gasteiger partial charge in [0, 0.05) is 11.9 Å². The number of aliphatic hydroxyl groups excluding tert-OH is 1. The molecule has 0 aliphatic carbocycles. The minimum absolute atomic E-state index is 0.147. The quantitative estimate of drug-likeness (QED) is 0.812. The molecule has 0 saturated carbocycles. The predicted molar refractivity (Wildman–Crippen MR) is 78.4 cm³/mol. The predicted octanol–water partition coefficient (Wildman–Crippen LogP) is 2.89. The van der Waals surface area contributed by atoms with Crippen LogP contribution in [0.3, 0.4) is 0 Å². The topological polar surface area (TPSA) is 75.3 Å². The summed E-state index contributed by atoms with van der Waals surface area (Å²) >= 11 is 1.03. The molecule has 1 amide bonds. The van der Waals surface area contributed by atoms with Crippen molar-refractivity contribution in [2.75, 3.05) is 12.4 Å². The molecule has 1 aromatic carbocycles. The van der Waals surface area contributed by atoms with Crippen molar-refractivity contribution >= 4 is 22.2 Å². The van der Waals surface area contributed by atoms with Crippen molar-refractivity contribution in [3.05, 3.63) is 41.0 Å². The first-order valence-corrected chi connectivity index (χ1v) is 6.95. The molecule has 0 aliphatic heterocycles. The summed E-state index contributed by atoms with van der Waals surface area (Å²) in [5.74, 6) is -2.28. The number of amides is 1. The lowest BCUT2D eigenvalue weighted by Crippen LogP contribution is -2.11. The Morgan fingerprint density at radius 3 is 2.29 bits per heavy atom. The zero-order valence-corrected chi connectivity index (χ0v) is 12.2. The lowest BCUT2D eigenvalue weighted by molar-refractivity contribution is 0.100. The number of hydrogen-bond acceptors (Lipinski definition) is 4. The van der Waals surface area contributed by atoms with E-state index in [9.17, 15) is 18.7 Å². The Hall–Kier alpha value is -1.99. The van der Waals surface area contributed by atoms with E-state index >= 15 is 0 Å². The van der Waals surface area contributed by atoms with E-state index < -0.39 is 23.6 Å². The monoisotopic (exact) mass is 312 g/mol. The van der Waals surface area contributed by atoms with Crippen molar-refractivity contribution < 1.29 is 18.7 Å². The largest absolute Gasteiger partial charge is 0.389 e. The molecule has 0 bridgehead atoms. The van der Waals surface area contributed by atoms with Crippen LogP contribution in [-0.2, 0) is 0 Å². The number of rotatable bonds is 4. The summed E-state index contributed by atoms with van der Waals surface area (Å²) < 4.78 is 28.2. The first kappa shape index (κ1) is 15.4. The first-order chi connectivity index (χ1) is 9.85. The molecule has 0 aliphatic rings. The van der Waals surface area contributed by atoms with E-state index in [4.69, 9.17) is 5.73 Å². The van der Waals surface area contributed by atoms with E-state index in [2.05, 4.69) is 5.32 Å². The summed E-state index contributed by atoms with van der Waals surface area (Å²) in [5.41, 5.74) is 5.31. The molecule has 2 rings (SSSR count). The van der Waals surface area contributed by atoms with E-state index in [-0.39, 0.29) is 21.6 Å². The van der Waals surface area contributed by atoms with Crippen LogP contribution in [0.25, 0.3) is 10.4 Å². The van der Waals surface area contributed by atoms with Crippen LogP contribution < -0.4 is 11.1 Å². The van der Waals surface area contributed by atoms with Crippen molar-refractivity contribution in [1.29, 1.82) is 0 Å². The van der Waals surface area contributed by atoms with Crippen LogP contribution in [0, 0.1) is 11.6 Å². The van der Waals surface area contributed by atoms with Crippen LogP contribution in [-0.4, -0.2) is 18.1 Å². The molecule has 1 atom stereocenters. The fourth-order valence-electron chi connectivity index (χ4n) is 1.95. The number of halogens is 2. The number of thiophene rings is 1. The Bertz CT molecular complexity index is 675. The lowest BCUT2D eigenvalue weighted by atomic mass is 10.0. The highest BCUT2D eigenvalue weighted by atomic mass is 32.1. The number of nitrogens with two attached hydrogens (primary N) is 1. The van der Waals surface area contributed by atoms with Gasteiger partial charge in [-0.2, -0.15) is 0 Å². The second-order valence-electron chi connectivity index (χ2n) is 4.50. The molecule has 4 N–H and O–H groups in total. The zero-order valence-electron chi connectivity index (χ0n) is 11.4. The van der Waals surface area contributed by atoms with Gasteiger partial charge in [0.15, 0.2) is 0 Å². The highest BCUT2D eigenvalue weighted by molar-refractivity contribution is 7.19. The van der Waals surface area contributed by atoms with Crippen molar-refractivity contribution in [2.24, 2.45) is 5.73 Å². The summed E-state index contributed by atoms with van der Waals surface area (Å²) in [6.07, 6.45) is -0.972. The number of aliphatic hydroxyl groups is 1. The van der Waals surface area contributed by atoms with Gasteiger partial charge >= 0.3 is 0 Å². The molecule has 21 heavy (non-hydrogen) atoms. The van der Waals surface area contributed by atoms with Gasteiger partial charge in [-0.15, -0.1) is 11.3 Å². The van der Waals surface area contributed by atoms with Crippen LogP contribution in [0.5, 0.6) is 0 Å². The summed E-state index contributed by atoms with van der Waals surface area (Å²) in [4.78, 5) is 11.6. The number of hydrogen-bond donors (Lipinski definition) is 3. The number of carbonyl (C=O) groups excluding carboxylic acids is 1. The smallest absolute Gasteiger partial charge is 0.251 e. The van der Waals surface area contributed by atoms with Crippen LogP contribution in [0.4, 0.5) is 13.8 Å². The lowest BCUT2D eigenvalue weighted by Gasteiger charge is -2.08. The Morgan fingerprint density at radius 2 is 1.90 bits per heavy atom. The van der Waals surface area contributed by atoms with Gasteiger partial charge in [-0.05, 0) is 30.7 Å². The fraction of sp³-hybridized carbons (Fsp3) is 0.214. The number of carbonyl (C=O) groups is 1. The van der Waals surface area contributed by atoms with E-state index in [1.54, 1.807) is 7.05 Å². The van der Waals surface area contributed by atoms with Crippen LogP contribution in [0.1, 0.15) is 28.9 Å². The van der Waals surface area contributed by atoms with E-state index in [0.717, 1.165) is 23.5 Å². The second-order valence-corrected chi connectivity index (χ2v) is 5.56. The van der Waals surface area contributed by atoms with E-state index in [1.807, 2.05) is 0 Å². The first-order valence-electron chi connectivity index (χ1n) is 6.14. The number of anilines is 1. The molecule has 0 saturated heterocycles. The van der Waals surface area contributed by atoms with Gasteiger partial charge in [0.1, 0.15) is 16.6 Å². The molecule has 1 heterocycles. The SMILES string of the molecule is CNc1sc(-c2c(F)cc(C(C)O)cc2F)cc1C(N)=O. The summed E-state index contributed by atoms with van der Waals surface area (Å²) in [7, 11) is 1.59. The molecule has 2 aromatic rings. The Labute approximate surface area is 124 Å². The van der Waals surface area contributed by atoms with Gasteiger partial charge in [0.05, 0.1) is 17.2 Å². The summed E-state index contributed by atoms with van der Waals surface area (Å²) in [5, 5.41) is 12.6. The minimum Gasteiger partial charge on any atom is -0.389 e. The van der Waals surface area contributed by atoms with Crippen molar-refractivity contribution in [2.45, 2.75) is 13.0 Å².